The normalized spacial score (nSPS) is 15.5. The molecule has 0 bridgehead atoms. The van der Waals surface area contributed by atoms with Crippen LogP contribution < -0.4 is 4.90 Å². The summed E-state index contributed by atoms with van der Waals surface area (Å²) in [5.41, 5.74) is 1.77. The summed E-state index contributed by atoms with van der Waals surface area (Å²) in [6.07, 6.45) is 1.64. The molecule has 1 amide bonds. The largest absolute Gasteiger partial charge is 0.466 e. The monoisotopic (exact) mass is 387 g/mol. The fourth-order valence-electron chi connectivity index (χ4n) is 3.29. The van der Waals surface area contributed by atoms with Crippen molar-refractivity contribution in [2.24, 2.45) is 5.92 Å². The first kappa shape index (κ1) is 19.5. The maximum atomic E-state index is 12.1. The minimum atomic E-state index is -0.0759. The van der Waals surface area contributed by atoms with E-state index in [9.17, 15) is 9.59 Å². The predicted molar refractivity (Wildman–Crippen MR) is 106 cm³/mol. The summed E-state index contributed by atoms with van der Waals surface area (Å²) in [6.45, 7) is 6.26. The summed E-state index contributed by atoms with van der Waals surface area (Å²) in [4.78, 5) is 32.6. The molecule has 1 aliphatic rings. The number of ether oxygens (including phenoxy) is 1. The summed E-state index contributed by atoms with van der Waals surface area (Å²) in [5, 5.41) is 2.69. The number of para-hydroxylation sites is 1. The number of carbonyl (C=O) groups excluding carboxylic acids is 2. The van der Waals surface area contributed by atoms with Crippen LogP contribution in [-0.2, 0) is 20.9 Å². The molecule has 3 rings (SSSR count). The van der Waals surface area contributed by atoms with Crippen LogP contribution in [0.3, 0.4) is 0 Å². The molecular formula is C20H25N3O3S. The molecule has 0 aliphatic carbocycles. The molecule has 0 N–H and O–H groups in total. The zero-order chi connectivity index (χ0) is 19.2. The van der Waals surface area contributed by atoms with E-state index in [1.165, 1.54) is 11.3 Å². The van der Waals surface area contributed by atoms with Gasteiger partial charge in [0.2, 0.25) is 5.91 Å². The van der Waals surface area contributed by atoms with Gasteiger partial charge in [-0.15, -0.1) is 11.3 Å². The van der Waals surface area contributed by atoms with Crippen LogP contribution in [0.4, 0.5) is 10.8 Å². The lowest BCUT2D eigenvalue weighted by Gasteiger charge is -2.30. The Labute approximate surface area is 163 Å². The lowest BCUT2D eigenvalue weighted by Crippen LogP contribution is -2.36. The first-order valence-electron chi connectivity index (χ1n) is 9.27. The van der Waals surface area contributed by atoms with Gasteiger partial charge in [-0.3, -0.25) is 19.4 Å². The Morgan fingerprint density at radius 1 is 1.26 bits per heavy atom. The SMILES string of the molecule is CCOC(=O)C1CCN(Cc2csc(N(C(C)=O)c3ccccc3)n2)CC1. The highest BCUT2D eigenvalue weighted by Gasteiger charge is 2.26. The number of amides is 1. The number of rotatable bonds is 6. The first-order chi connectivity index (χ1) is 13.1. The number of hydrogen-bond acceptors (Lipinski definition) is 6. The Hall–Kier alpha value is -2.25. The number of thiazole rings is 1. The molecule has 1 fully saturated rings. The molecule has 0 radical (unpaired) electrons. The number of piperidine rings is 1. The average Bonchev–Trinajstić information content (AvgIpc) is 3.11. The second kappa shape index (κ2) is 9.10. The summed E-state index contributed by atoms with van der Waals surface area (Å²) in [5.74, 6) is -0.121. The molecule has 1 aliphatic heterocycles. The number of esters is 1. The van der Waals surface area contributed by atoms with Gasteiger partial charge in [-0.1, -0.05) is 18.2 Å². The van der Waals surface area contributed by atoms with Crippen molar-refractivity contribution in [3.63, 3.8) is 0 Å². The minimum absolute atomic E-state index is 0.0125. The van der Waals surface area contributed by atoms with E-state index in [-0.39, 0.29) is 17.8 Å². The molecular weight excluding hydrogens is 362 g/mol. The smallest absolute Gasteiger partial charge is 0.309 e. The van der Waals surface area contributed by atoms with Gasteiger partial charge in [0.25, 0.3) is 0 Å². The van der Waals surface area contributed by atoms with Crippen LogP contribution in [0.2, 0.25) is 0 Å². The highest BCUT2D eigenvalue weighted by molar-refractivity contribution is 7.14. The van der Waals surface area contributed by atoms with Crippen molar-refractivity contribution in [2.45, 2.75) is 33.2 Å². The van der Waals surface area contributed by atoms with Crippen LogP contribution in [0.25, 0.3) is 0 Å². The molecule has 1 saturated heterocycles. The molecule has 0 saturated carbocycles. The van der Waals surface area contributed by atoms with Crippen LogP contribution in [-0.4, -0.2) is 41.5 Å². The van der Waals surface area contributed by atoms with Gasteiger partial charge in [0.1, 0.15) is 0 Å². The standard InChI is InChI=1S/C20H25N3O3S/c1-3-26-19(25)16-9-11-22(12-10-16)13-17-14-27-20(21-17)23(15(2)24)18-7-5-4-6-8-18/h4-8,14,16H,3,9-13H2,1-2H3. The number of anilines is 2. The summed E-state index contributed by atoms with van der Waals surface area (Å²) in [6, 6.07) is 9.56. The predicted octanol–water partition coefficient (Wildman–Crippen LogP) is 3.60. The molecule has 0 unspecified atom stereocenters. The zero-order valence-corrected chi connectivity index (χ0v) is 16.6. The Morgan fingerprint density at radius 2 is 1.96 bits per heavy atom. The van der Waals surface area contributed by atoms with Gasteiger partial charge in [-0.05, 0) is 45.0 Å². The van der Waals surface area contributed by atoms with Crippen molar-refractivity contribution in [3.05, 3.63) is 41.4 Å². The van der Waals surface area contributed by atoms with Gasteiger partial charge in [-0.25, -0.2) is 4.98 Å². The van der Waals surface area contributed by atoms with Gasteiger partial charge >= 0.3 is 5.97 Å². The van der Waals surface area contributed by atoms with Crippen LogP contribution in [0.15, 0.2) is 35.7 Å². The van der Waals surface area contributed by atoms with E-state index in [0.29, 0.717) is 11.7 Å². The number of aromatic nitrogens is 1. The summed E-state index contributed by atoms with van der Waals surface area (Å²) in [7, 11) is 0. The molecule has 0 spiro atoms. The van der Waals surface area contributed by atoms with Crippen LogP contribution in [0.5, 0.6) is 0 Å². The third-order valence-electron chi connectivity index (χ3n) is 4.65. The zero-order valence-electron chi connectivity index (χ0n) is 15.8. The number of benzene rings is 1. The Bertz CT molecular complexity index is 770. The van der Waals surface area contributed by atoms with Crippen molar-refractivity contribution in [3.8, 4) is 0 Å². The van der Waals surface area contributed by atoms with E-state index in [4.69, 9.17) is 4.74 Å². The maximum absolute atomic E-state index is 12.1. The van der Waals surface area contributed by atoms with E-state index in [1.807, 2.05) is 42.6 Å². The van der Waals surface area contributed by atoms with Crippen molar-refractivity contribution >= 4 is 34.0 Å². The molecule has 2 aromatic rings. The minimum Gasteiger partial charge on any atom is -0.466 e. The van der Waals surface area contributed by atoms with E-state index >= 15 is 0 Å². The van der Waals surface area contributed by atoms with Gasteiger partial charge in [0.05, 0.1) is 23.9 Å². The van der Waals surface area contributed by atoms with Gasteiger partial charge in [0.15, 0.2) is 5.13 Å². The van der Waals surface area contributed by atoms with Crippen molar-refractivity contribution < 1.29 is 14.3 Å². The molecule has 1 aromatic carbocycles. The second-order valence-corrected chi connectivity index (χ2v) is 7.45. The van der Waals surface area contributed by atoms with E-state index in [2.05, 4.69) is 9.88 Å². The topological polar surface area (TPSA) is 62.7 Å². The molecule has 1 aromatic heterocycles. The molecule has 144 valence electrons. The third-order valence-corrected chi connectivity index (χ3v) is 5.53. The molecule has 7 heteroatoms. The second-order valence-electron chi connectivity index (χ2n) is 6.61. The lowest BCUT2D eigenvalue weighted by molar-refractivity contribution is -0.149. The summed E-state index contributed by atoms with van der Waals surface area (Å²) >= 11 is 1.47. The van der Waals surface area contributed by atoms with Crippen molar-refractivity contribution in [1.82, 2.24) is 9.88 Å². The Balaban J connectivity index is 1.61. The third kappa shape index (κ3) is 4.93. The van der Waals surface area contributed by atoms with Crippen LogP contribution in [0.1, 0.15) is 32.4 Å². The van der Waals surface area contributed by atoms with E-state index in [0.717, 1.165) is 43.9 Å². The van der Waals surface area contributed by atoms with Gasteiger partial charge in [-0.2, -0.15) is 0 Å². The Kier molecular flexibility index (Phi) is 6.58. The van der Waals surface area contributed by atoms with Crippen LogP contribution in [0, 0.1) is 5.92 Å². The van der Waals surface area contributed by atoms with E-state index < -0.39 is 0 Å². The van der Waals surface area contributed by atoms with E-state index in [1.54, 1.807) is 11.8 Å². The van der Waals surface area contributed by atoms with Gasteiger partial charge < -0.3 is 4.74 Å². The molecule has 27 heavy (non-hydrogen) atoms. The quantitative estimate of drug-likeness (QED) is 0.709. The highest BCUT2D eigenvalue weighted by Crippen LogP contribution is 2.29. The molecule has 6 nitrogen and oxygen atoms in total. The first-order valence-corrected chi connectivity index (χ1v) is 10.2. The fraction of sp³-hybridized carbons (Fsp3) is 0.450. The molecule has 0 atom stereocenters. The molecule has 2 heterocycles. The van der Waals surface area contributed by atoms with Crippen LogP contribution >= 0.6 is 11.3 Å². The number of hydrogen-bond donors (Lipinski definition) is 0. The van der Waals surface area contributed by atoms with Crippen molar-refractivity contribution in [1.29, 1.82) is 0 Å². The van der Waals surface area contributed by atoms with Crippen molar-refractivity contribution in [2.75, 3.05) is 24.6 Å². The Morgan fingerprint density at radius 3 is 2.59 bits per heavy atom. The fourth-order valence-corrected chi connectivity index (χ4v) is 4.17. The number of nitrogens with zero attached hydrogens (tertiary/aromatic N) is 3. The summed E-state index contributed by atoms with van der Waals surface area (Å²) < 4.78 is 5.12. The lowest BCUT2D eigenvalue weighted by atomic mass is 9.97. The maximum Gasteiger partial charge on any atom is 0.309 e. The number of carbonyl (C=O) groups is 2. The highest BCUT2D eigenvalue weighted by atomic mass is 32.1. The number of likely N-dealkylation sites (tertiary alicyclic amines) is 1. The average molecular weight is 388 g/mol. The van der Waals surface area contributed by atoms with Gasteiger partial charge in [0, 0.05) is 18.8 Å².